The second-order valence-electron chi connectivity index (χ2n) is 1.66. The summed E-state index contributed by atoms with van der Waals surface area (Å²) in [5.41, 5.74) is 0.905. The third-order valence-electron chi connectivity index (χ3n) is 1.04. The predicted molar refractivity (Wildman–Crippen MR) is 47.4 cm³/mol. The van der Waals surface area contributed by atoms with Crippen molar-refractivity contribution in [3.8, 4) is 0 Å². The van der Waals surface area contributed by atoms with Crippen LogP contribution in [-0.4, -0.2) is 12.9 Å². The van der Waals surface area contributed by atoms with Gasteiger partial charge in [0, 0.05) is 6.21 Å². The van der Waals surface area contributed by atoms with Gasteiger partial charge in [0.05, 0.1) is 5.69 Å². The van der Waals surface area contributed by atoms with Crippen LogP contribution in [0.15, 0.2) is 21.4 Å². The van der Waals surface area contributed by atoms with Crippen LogP contribution >= 0.6 is 11.3 Å². The molecule has 0 atom stereocenters. The predicted octanol–water partition coefficient (Wildman–Crippen LogP) is 2.80. The van der Waals surface area contributed by atoms with Gasteiger partial charge in [0.1, 0.15) is 5.00 Å². The minimum atomic E-state index is 0.887. The van der Waals surface area contributed by atoms with Crippen molar-refractivity contribution in [2.24, 2.45) is 9.98 Å². The van der Waals surface area contributed by atoms with Gasteiger partial charge in [0.15, 0.2) is 0 Å². The van der Waals surface area contributed by atoms with Gasteiger partial charge in [0.2, 0.25) is 0 Å². The molecule has 0 amide bonds. The zero-order chi connectivity index (χ0) is 7.40. The summed E-state index contributed by atoms with van der Waals surface area (Å²) in [4.78, 5) is 7.89. The topological polar surface area (TPSA) is 24.7 Å². The number of thiophene rings is 1. The van der Waals surface area contributed by atoms with Gasteiger partial charge >= 0.3 is 0 Å². The number of hydrogen-bond donors (Lipinski definition) is 0. The number of nitrogens with zero attached hydrogens (tertiary/aromatic N) is 2. The first-order chi connectivity index (χ1) is 4.88. The Morgan fingerprint density at radius 2 is 2.50 bits per heavy atom. The van der Waals surface area contributed by atoms with E-state index in [1.54, 1.807) is 17.6 Å². The Morgan fingerprint density at radius 1 is 1.70 bits per heavy atom. The molecule has 1 aromatic heterocycles. The molecule has 0 saturated carbocycles. The molecule has 1 rings (SSSR count). The number of rotatable bonds is 2. The van der Waals surface area contributed by atoms with E-state index in [0.29, 0.717) is 0 Å². The lowest BCUT2D eigenvalue weighted by atomic mass is 10.5. The first-order valence-corrected chi connectivity index (χ1v) is 3.79. The van der Waals surface area contributed by atoms with E-state index >= 15 is 0 Å². The van der Waals surface area contributed by atoms with Crippen LogP contribution in [0.5, 0.6) is 0 Å². The molecule has 10 heavy (non-hydrogen) atoms. The molecule has 2 nitrogen and oxygen atoms in total. The molecule has 0 aliphatic carbocycles. The van der Waals surface area contributed by atoms with Crippen molar-refractivity contribution in [2.45, 2.75) is 6.92 Å². The van der Waals surface area contributed by atoms with E-state index in [4.69, 9.17) is 0 Å². The van der Waals surface area contributed by atoms with Crippen molar-refractivity contribution in [1.82, 2.24) is 0 Å². The zero-order valence-electron chi connectivity index (χ0n) is 5.74. The maximum Gasteiger partial charge on any atom is 0.140 e. The smallest absolute Gasteiger partial charge is 0.140 e. The molecule has 1 heterocycles. The monoisotopic (exact) mass is 152 g/mol. The highest BCUT2D eigenvalue weighted by Crippen LogP contribution is 2.32. The fourth-order valence-electron chi connectivity index (χ4n) is 0.650. The largest absolute Gasteiger partial charge is 0.258 e. The zero-order valence-corrected chi connectivity index (χ0v) is 6.56. The van der Waals surface area contributed by atoms with Crippen LogP contribution < -0.4 is 0 Å². The maximum absolute atomic E-state index is 4.09. The lowest BCUT2D eigenvalue weighted by Gasteiger charge is -1.86. The average Bonchev–Trinajstić information content (AvgIpc) is 2.36. The molecule has 0 aliphatic heterocycles. The normalized spacial score (nSPS) is 10.5. The van der Waals surface area contributed by atoms with Gasteiger partial charge in [-0.25, -0.2) is 0 Å². The van der Waals surface area contributed by atoms with Crippen molar-refractivity contribution in [3.63, 3.8) is 0 Å². The third kappa shape index (κ3) is 1.30. The molecule has 0 saturated heterocycles. The standard InChI is InChI=1S/C7H8N2S/c1-3-9-6-4-5-10-7(6)8-2/h3-5H,2H2,1H3. The van der Waals surface area contributed by atoms with Crippen LogP contribution in [0.4, 0.5) is 10.7 Å². The van der Waals surface area contributed by atoms with Crippen LogP contribution in [0.1, 0.15) is 6.92 Å². The van der Waals surface area contributed by atoms with Gasteiger partial charge in [-0.1, -0.05) is 0 Å². The summed E-state index contributed by atoms with van der Waals surface area (Å²) in [6.07, 6.45) is 1.75. The SMILES string of the molecule is C=Nc1sccc1N=CC. The molecule has 0 N–H and O–H groups in total. The van der Waals surface area contributed by atoms with Crippen LogP contribution in [0.2, 0.25) is 0 Å². The highest BCUT2D eigenvalue weighted by Gasteiger charge is 1.96. The highest BCUT2D eigenvalue weighted by molar-refractivity contribution is 7.14. The maximum atomic E-state index is 4.09. The lowest BCUT2D eigenvalue weighted by molar-refractivity contribution is 1.54. The van der Waals surface area contributed by atoms with Gasteiger partial charge in [-0.3, -0.25) is 9.98 Å². The van der Waals surface area contributed by atoms with Crippen molar-refractivity contribution in [1.29, 1.82) is 0 Å². The second-order valence-corrected chi connectivity index (χ2v) is 2.55. The number of hydrogen-bond acceptors (Lipinski definition) is 3. The van der Waals surface area contributed by atoms with Crippen LogP contribution in [0, 0.1) is 0 Å². The molecule has 0 aliphatic rings. The molecule has 1 aromatic rings. The van der Waals surface area contributed by atoms with Gasteiger partial charge in [0.25, 0.3) is 0 Å². The van der Waals surface area contributed by atoms with Crippen molar-refractivity contribution in [2.75, 3.05) is 0 Å². The molecule has 0 unspecified atom stereocenters. The van der Waals surface area contributed by atoms with E-state index in [0.717, 1.165) is 10.7 Å². The van der Waals surface area contributed by atoms with E-state index in [9.17, 15) is 0 Å². The Bertz CT molecular complexity index is 250. The Labute approximate surface area is 64.0 Å². The van der Waals surface area contributed by atoms with Crippen molar-refractivity contribution >= 4 is 35.0 Å². The van der Waals surface area contributed by atoms with Crippen LogP contribution in [0.3, 0.4) is 0 Å². The summed E-state index contributed by atoms with van der Waals surface area (Å²) >= 11 is 1.55. The fourth-order valence-corrected chi connectivity index (χ4v) is 1.29. The summed E-state index contributed by atoms with van der Waals surface area (Å²) in [6.45, 7) is 5.31. The molecular formula is C7H8N2S. The molecule has 3 heteroatoms. The van der Waals surface area contributed by atoms with Gasteiger partial charge in [-0.2, -0.15) is 0 Å². The lowest BCUT2D eigenvalue weighted by Crippen LogP contribution is -1.57. The summed E-state index contributed by atoms with van der Waals surface area (Å²) in [5, 5.41) is 2.84. The quantitative estimate of drug-likeness (QED) is 0.582. The van der Waals surface area contributed by atoms with Gasteiger partial charge < -0.3 is 0 Å². The van der Waals surface area contributed by atoms with E-state index in [1.807, 2.05) is 18.4 Å². The third-order valence-corrected chi connectivity index (χ3v) is 1.87. The average molecular weight is 152 g/mol. The van der Waals surface area contributed by atoms with Crippen molar-refractivity contribution < 1.29 is 0 Å². The van der Waals surface area contributed by atoms with Crippen LogP contribution in [-0.2, 0) is 0 Å². The minimum Gasteiger partial charge on any atom is -0.258 e. The summed E-state index contributed by atoms with van der Waals surface area (Å²) in [5.74, 6) is 0. The fraction of sp³-hybridized carbons (Fsp3) is 0.143. The van der Waals surface area contributed by atoms with Gasteiger partial charge in [-0.15, -0.1) is 11.3 Å². The van der Waals surface area contributed by atoms with E-state index in [2.05, 4.69) is 16.7 Å². The van der Waals surface area contributed by atoms with Crippen LogP contribution in [0.25, 0.3) is 0 Å². The van der Waals surface area contributed by atoms with Gasteiger partial charge in [-0.05, 0) is 25.1 Å². The summed E-state index contributed by atoms with van der Waals surface area (Å²) in [6, 6.07) is 1.93. The highest BCUT2D eigenvalue weighted by atomic mass is 32.1. The van der Waals surface area contributed by atoms with E-state index < -0.39 is 0 Å². The molecule has 0 spiro atoms. The second kappa shape index (κ2) is 3.27. The number of aliphatic imine (C=N–C) groups is 2. The first kappa shape index (κ1) is 7.15. The Hall–Kier alpha value is -0.960. The molecule has 0 aromatic carbocycles. The minimum absolute atomic E-state index is 0.887. The summed E-state index contributed by atoms with van der Waals surface area (Å²) in [7, 11) is 0. The molecule has 0 fully saturated rings. The molecule has 52 valence electrons. The Morgan fingerprint density at radius 3 is 3.10 bits per heavy atom. The molecule has 0 bridgehead atoms. The first-order valence-electron chi connectivity index (χ1n) is 2.91. The molecule has 0 radical (unpaired) electrons. The summed E-state index contributed by atoms with van der Waals surface area (Å²) < 4.78 is 0. The van der Waals surface area contributed by atoms with E-state index in [-0.39, 0.29) is 0 Å². The van der Waals surface area contributed by atoms with E-state index in [1.165, 1.54) is 0 Å². The van der Waals surface area contributed by atoms with Crippen molar-refractivity contribution in [3.05, 3.63) is 11.4 Å². The Kier molecular flexibility index (Phi) is 2.34. The molecular weight excluding hydrogens is 144 g/mol. The Balaban J connectivity index is 3.00.